The summed E-state index contributed by atoms with van der Waals surface area (Å²) in [6.45, 7) is 0. The van der Waals surface area contributed by atoms with Crippen LogP contribution in [-0.4, -0.2) is 27.5 Å². The summed E-state index contributed by atoms with van der Waals surface area (Å²) in [5.41, 5.74) is 0.378. The van der Waals surface area contributed by atoms with Gasteiger partial charge >= 0.3 is 0 Å². The molecule has 0 aromatic heterocycles. The number of amides is 1. The van der Waals surface area contributed by atoms with E-state index in [9.17, 15) is 13.2 Å². The van der Waals surface area contributed by atoms with Gasteiger partial charge in [0.1, 0.15) is 5.75 Å². The van der Waals surface area contributed by atoms with Gasteiger partial charge in [-0.3, -0.25) is 4.79 Å². The first-order valence-corrected chi connectivity index (χ1v) is 9.63. The molecule has 1 saturated carbocycles. The Morgan fingerprint density at radius 1 is 1.29 bits per heavy atom. The summed E-state index contributed by atoms with van der Waals surface area (Å²) in [6.07, 6.45) is 8.23. The van der Waals surface area contributed by atoms with Crippen LogP contribution in [0.25, 0.3) is 0 Å². The number of methoxy groups -OCH3 is 1. The molecule has 3 rings (SSSR count). The molecule has 2 N–H and O–H groups in total. The van der Waals surface area contributed by atoms with Crippen LogP contribution in [0, 0.1) is 5.92 Å². The third-order valence-corrected chi connectivity index (χ3v) is 5.73. The van der Waals surface area contributed by atoms with Crippen molar-refractivity contribution in [3.8, 4) is 5.75 Å². The van der Waals surface area contributed by atoms with Crippen LogP contribution in [0.15, 0.2) is 35.2 Å². The number of rotatable bonds is 7. The second kappa shape index (κ2) is 6.94. The van der Waals surface area contributed by atoms with E-state index in [1.165, 1.54) is 19.2 Å². The Balaban J connectivity index is 1.76. The van der Waals surface area contributed by atoms with Crippen molar-refractivity contribution in [1.82, 2.24) is 4.72 Å². The maximum absolute atomic E-state index is 12.3. The van der Waals surface area contributed by atoms with Crippen molar-refractivity contribution in [2.45, 2.75) is 43.0 Å². The van der Waals surface area contributed by atoms with Crippen molar-refractivity contribution in [3.63, 3.8) is 0 Å². The Morgan fingerprint density at radius 2 is 2.08 bits per heavy atom. The molecular weight excluding hydrogens is 328 g/mol. The Kier molecular flexibility index (Phi) is 4.91. The molecule has 1 atom stereocenters. The lowest BCUT2D eigenvalue weighted by molar-refractivity contribution is -0.116. The maximum Gasteiger partial charge on any atom is 0.240 e. The minimum atomic E-state index is -3.57. The molecule has 0 aliphatic heterocycles. The van der Waals surface area contributed by atoms with Crippen LogP contribution in [0.3, 0.4) is 0 Å². The number of nitrogens with one attached hydrogen (secondary N) is 2. The van der Waals surface area contributed by atoms with E-state index in [4.69, 9.17) is 4.74 Å². The number of hydrogen-bond acceptors (Lipinski definition) is 4. The Labute approximate surface area is 142 Å². The van der Waals surface area contributed by atoms with Gasteiger partial charge in [-0.15, -0.1) is 0 Å². The number of sulfonamides is 1. The molecule has 1 aromatic rings. The molecule has 24 heavy (non-hydrogen) atoms. The first-order chi connectivity index (χ1) is 11.5. The van der Waals surface area contributed by atoms with E-state index >= 15 is 0 Å². The van der Waals surface area contributed by atoms with Crippen LogP contribution in [0.1, 0.15) is 32.1 Å². The smallest absolute Gasteiger partial charge is 0.240 e. The number of ether oxygens (including phenoxy) is 1. The second-order valence-corrected chi connectivity index (χ2v) is 7.99. The second-order valence-electron chi connectivity index (χ2n) is 6.28. The monoisotopic (exact) mass is 350 g/mol. The lowest BCUT2D eigenvalue weighted by Gasteiger charge is -2.14. The summed E-state index contributed by atoms with van der Waals surface area (Å²) >= 11 is 0. The number of carbonyl (C=O) groups is 1. The van der Waals surface area contributed by atoms with Crippen molar-refractivity contribution in [2.24, 2.45) is 5.92 Å². The highest BCUT2D eigenvalue weighted by atomic mass is 32.2. The standard InChI is InChI=1S/C17H22N2O4S/c1-23-16-9-8-14(24(21,22)19-13-6-7-13)11-15(16)18-17(20)10-12-4-2-3-5-12/h2,4,8-9,11-13,19H,3,5-7,10H2,1H3,(H,18,20). The van der Waals surface area contributed by atoms with E-state index in [-0.39, 0.29) is 22.8 Å². The van der Waals surface area contributed by atoms with Gasteiger partial charge in [0.15, 0.2) is 0 Å². The minimum Gasteiger partial charge on any atom is -0.495 e. The van der Waals surface area contributed by atoms with Gasteiger partial charge in [0.2, 0.25) is 15.9 Å². The quantitative estimate of drug-likeness (QED) is 0.740. The molecule has 130 valence electrons. The molecule has 6 nitrogen and oxygen atoms in total. The topological polar surface area (TPSA) is 84.5 Å². The molecule has 0 saturated heterocycles. The van der Waals surface area contributed by atoms with E-state index in [2.05, 4.69) is 22.2 Å². The molecule has 2 aliphatic rings. The molecule has 2 aliphatic carbocycles. The third kappa shape index (κ3) is 4.15. The van der Waals surface area contributed by atoms with E-state index in [0.29, 0.717) is 17.9 Å². The van der Waals surface area contributed by atoms with Gasteiger partial charge in [-0.1, -0.05) is 12.2 Å². The number of carbonyl (C=O) groups excluding carboxylic acids is 1. The SMILES string of the molecule is COc1ccc(S(=O)(=O)NC2CC2)cc1NC(=O)CC1C=CCC1. The molecule has 1 aromatic carbocycles. The largest absolute Gasteiger partial charge is 0.495 e. The summed E-state index contributed by atoms with van der Waals surface area (Å²) in [6, 6.07) is 4.53. The number of anilines is 1. The highest BCUT2D eigenvalue weighted by Gasteiger charge is 2.28. The molecule has 0 spiro atoms. The molecule has 1 fully saturated rings. The number of hydrogen-bond donors (Lipinski definition) is 2. The van der Waals surface area contributed by atoms with Crippen LogP contribution in [0.5, 0.6) is 5.75 Å². The summed E-state index contributed by atoms with van der Waals surface area (Å²) in [7, 11) is -2.08. The Hall–Kier alpha value is -1.86. The van der Waals surface area contributed by atoms with Crippen molar-refractivity contribution >= 4 is 21.6 Å². The van der Waals surface area contributed by atoms with Crippen LogP contribution >= 0.6 is 0 Å². The molecule has 1 unspecified atom stereocenters. The highest BCUT2D eigenvalue weighted by Crippen LogP contribution is 2.30. The molecular formula is C17H22N2O4S. The van der Waals surface area contributed by atoms with Crippen molar-refractivity contribution in [2.75, 3.05) is 12.4 Å². The first kappa shape index (κ1) is 17.0. The summed E-state index contributed by atoms with van der Waals surface area (Å²) in [5.74, 6) is 0.546. The van der Waals surface area contributed by atoms with Gasteiger partial charge in [0.25, 0.3) is 0 Å². The molecule has 0 radical (unpaired) electrons. The van der Waals surface area contributed by atoms with Crippen LogP contribution in [0.4, 0.5) is 5.69 Å². The van der Waals surface area contributed by atoms with Gasteiger partial charge in [-0.2, -0.15) is 0 Å². The lowest BCUT2D eigenvalue weighted by Crippen LogP contribution is -2.26. The maximum atomic E-state index is 12.3. The van der Waals surface area contributed by atoms with Gasteiger partial charge in [0, 0.05) is 12.5 Å². The molecule has 7 heteroatoms. The zero-order chi connectivity index (χ0) is 17.2. The summed E-state index contributed by atoms with van der Waals surface area (Å²) in [5, 5.41) is 2.78. The van der Waals surface area contributed by atoms with Crippen LogP contribution in [0.2, 0.25) is 0 Å². The Morgan fingerprint density at radius 3 is 2.71 bits per heavy atom. The van der Waals surface area contributed by atoms with E-state index in [1.54, 1.807) is 6.07 Å². The van der Waals surface area contributed by atoms with E-state index in [0.717, 1.165) is 25.7 Å². The average Bonchev–Trinajstić information content (AvgIpc) is 3.19. The summed E-state index contributed by atoms with van der Waals surface area (Å²) < 4.78 is 32.5. The normalized spacial score (nSPS) is 20.1. The zero-order valence-corrected chi connectivity index (χ0v) is 14.4. The fourth-order valence-electron chi connectivity index (χ4n) is 2.75. The van der Waals surface area contributed by atoms with E-state index in [1.807, 2.05) is 0 Å². The van der Waals surface area contributed by atoms with Gasteiger partial charge < -0.3 is 10.1 Å². The van der Waals surface area contributed by atoms with Crippen molar-refractivity contribution < 1.29 is 17.9 Å². The fraction of sp³-hybridized carbons (Fsp3) is 0.471. The van der Waals surface area contributed by atoms with Gasteiger partial charge in [-0.05, 0) is 49.8 Å². The Bertz CT molecular complexity index is 754. The molecule has 0 heterocycles. The lowest BCUT2D eigenvalue weighted by atomic mass is 10.1. The number of allylic oxidation sites excluding steroid dienone is 2. The molecule has 0 bridgehead atoms. The highest BCUT2D eigenvalue weighted by molar-refractivity contribution is 7.89. The first-order valence-electron chi connectivity index (χ1n) is 8.15. The third-order valence-electron chi connectivity index (χ3n) is 4.21. The predicted molar refractivity (Wildman–Crippen MR) is 91.4 cm³/mol. The van der Waals surface area contributed by atoms with Crippen molar-refractivity contribution in [3.05, 3.63) is 30.4 Å². The predicted octanol–water partition coefficient (Wildman–Crippen LogP) is 2.43. The van der Waals surface area contributed by atoms with Gasteiger partial charge in [-0.25, -0.2) is 13.1 Å². The van der Waals surface area contributed by atoms with Gasteiger partial charge in [0.05, 0.1) is 17.7 Å². The minimum absolute atomic E-state index is 0.0318. The van der Waals surface area contributed by atoms with Crippen LogP contribution in [-0.2, 0) is 14.8 Å². The fourth-order valence-corrected chi connectivity index (χ4v) is 4.08. The molecule has 1 amide bonds. The average molecular weight is 350 g/mol. The zero-order valence-electron chi connectivity index (χ0n) is 13.6. The van der Waals surface area contributed by atoms with Crippen molar-refractivity contribution in [1.29, 1.82) is 0 Å². The number of benzene rings is 1. The summed E-state index contributed by atoms with van der Waals surface area (Å²) in [4.78, 5) is 12.4. The van der Waals surface area contributed by atoms with E-state index < -0.39 is 10.0 Å². The van der Waals surface area contributed by atoms with Crippen LogP contribution < -0.4 is 14.8 Å².